The van der Waals surface area contributed by atoms with Crippen LogP contribution in [-0.4, -0.2) is 48.7 Å². The van der Waals surface area contributed by atoms with Gasteiger partial charge in [0.25, 0.3) is 0 Å². The van der Waals surface area contributed by atoms with E-state index in [0.717, 1.165) is 4.88 Å². The summed E-state index contributed by atoms with van der Waals surface area (Å²) in [6.07, 6.45) is 0.211. The van der Waals surface area contributed by atoms with Crippen molar-refractivity contribution in [1.82, 2.24) is 15.5 Å². The molecule has 0 aliphatic carbocycles. The van der Waals surface area contributed by atoms with Crippen LogP contribution in [-0.2, 0) is 16.1 Å². The van der Waals surface area contributed by atoms with Crippen molar-refractivity contribution in [2.45, 2.75) is 32.6 Å². The molecule has 6 nitrogen and oxygen atoms in total. The summed E-state index contributed by atoms with van der Waals surface area (Å²) in [5.41, 5.74) is 0. The number of urea groups is 1. The summed E-state index contributed by atoms with van der Waals surface area (Å²) in [6, 6.07) is 3.40. The molecule has 2 rings (SSSR count). The second-order valence-electron chi connectivity index (χ2n) is 5.26. The van der Waals surface area contributed by atoms with Crippen molar-refractivity contribution in [1.29, 1.82) is 0 Å². The van der Waals surface area contributed by atoms with E-state index in [0.29, 0.717) is 19.6 Å². The predicted molar refractivity (Wildman–Crippen MR) is 81.1 cm³/mol. The molecule has 2 heterocycles. The topological polar surface area (TPSA) is 70.7 Å². The molecule has 0 spiro atoms. The third-order valence-electron chi connectivity index (χ3n) is 3.12. The number of carbonyl (C=O) groups is 2. The summed E-state index contributed by atoms with van der Waals surface area (Å²) >= 11 is 1.56. The standard InChI is InChI=1S/C14H21N3O3S/c1-10-7-17(8-11(2)20-10)9-13(18)16-14(19)15-6-12-4-3-5-21-12/h3-5,10-11H,6-9H2,1-2H3,(H2,15,16,18,19)/t10-,11+. The number of ether oxygens (including phenoxy) is 1. The fourth-order valence-electron chi connectivity index (χ4n) is 2.41. The molecule has 1 saturated heterocycles. The molecule has 7 heteroatoms. The summed E-state index contributed by atoms with van der Waals surface area (Å²) in [6.45, 7) is 6.01. The van der Waals surface area contributed by atoms with Gasteiger partial charge >= 0.3 is 6.03 Å². The molecule has 1 aromatic rings. The van der Waals surface area contributed by atoms with Crippen molar-refractivity contribution in [2.75, 3.05) is 19.6 Å². The van der Waals surface area contributed by atoms with Crippen molar-refractivity contribution in [3.05, 3.63) is 22.4 Å². The number of morpholine rings is 1. The number of nitrogens with zero attached hydrogens (tertiary/aromatic N) is 1. The maximum atomic E-state index is 11.8. The first kappa shape index (κ1) is 15.9. The first-order chi connectivity index (χ1) is 10.0. The Bertz CT molecular complexity index is 468. The lowest BCUT2D eigenvalue weighted by Gasteiger charge is -2.34. The average Bonchev–Trinajstić information content (AvgIpc) is 2.87. The van der Waals surface area contributed by atoms with Crippen LogP contribution >= 0.6 is 11.3 Å². The first-order valence-electron chi connectivity index (χ1n) is 7.01. The molecule has 21 heavy (non-hydrogen) atoms. The quantitative estimate of drug-likeness (QED) is 0.876. The predicted octanol–water partition coefficient (Wildman–Crippen LogP) is 1.18. The zero-order valence-corrected chi connectivity index (χ0v) is 13.1. The van der Waals surface area contributed by atoms with E-state index in [2.05, 4.69) is 10.6 Å². The Morgan fingerprint density at radius 3 is 2.71 bits per heavy atom. The van der Waals surface area contributed by atoms with Crippen LogP contribution in [0.25, 0.3) is 0 Å². The summed E-state index contributed by atoms with van der Waals surface area (Å²) in [5, 5.41) is 6.96. The first-order valence-corrected chi connectivity index (χ1v) is 7.89. The lowest BCUT2D eigenvalue weighted by Crippen LogP contribution is -2.50. The van der Waals surface area contributed by atoms with Gasteiger partial charge in [-0.05, 0) is 25.3 Å². The van der Waals surface area contributed by atoms with Crippen LogP contribution in [0, 0.1) is 0 Å². The Labute approximate surface area is 128 Å². The monoisotopic (exact) mass is 311 g/mol. The fraction of sp³-hybridized carbons (Fsp3) is 0.571. The third kappa shape index (κ3) is 5.45. The molecule has 1 aliphatic rings. The zero-order chi connectivity index (χ0) is 15.2. The maximum Gasteiger partial charge on any atom is 0.321 e. The van der Waals surface area contributed by atoms with Crippen LogP contribution < -0.4 is 10.6 Å². The van der Waals surface area contributed by atoms with Crippen molar-refractivity contribution in [3.8, 4) is 0 Å². The van der Waals surface area contributed by atoms with E-state index < -0.39 is 6.03 Å². The van der Waals surface area contributed by atoms with Gasteiger partial charge in [-0.1, -0.05) is 6.07 Å². The zero-order valence-electron chi connectivity index (χ0n) is 12.3. The van der Waals surface area contributed by atoms with E-state index in [-0.39, 0.29) is 24.7 Å². The Morgan fingerprint density at radius 2 is 2.10 bits per heavy atom. The van der Waals surface area contributed by atoms with Gasteiger partial charge in [0.1, 0.15) is 0 Å². The van der Waals surface area contributed by atoms with Crippen LogP contribution in [0.3, 0.4) is 0 Å². The van der Waals surface area contributed by atoms with Gasteiger partial charge in [-0.2, -0.15) is 0 Å². The molecule has 0 aromatic carbocycles. The van der Waals surface area contributed by atoms with Gasteiger partial charge in [-0.3, -0.25) is 15.0 Å². The Kier molecular flexibility index (Phi) is 5.72. The minimum Gasteiger partial charge on any atom is -0.373 e. The van der Waals surface area contributed by atoms with Crippen LogP contribution in [0.1, 0.15) is 18.7 Å². The number of rotatable bonds is 4. The SMILES string of the molecule is C[C@@H]1CN(CC(=O)NC(=O)NCc2cccs2)C[C@H](C)O1. The minimum atomic E-state index is -0.456. The Hall–Kier alpha value is -1.44. The minimum absolute atomic E-state index is 0.106. The van der Waals surface area contributed by atoms with Gasteiger partial charge in [-0.15, -0.1) is 11.3 Å². The van der Waals surface area contributed by atoms with Crippen LogP contribution in [0.5, 0.6) is 0 Å². The number of thiophene rings is 1. The highest BCUT2D eigenvalue weighted by Gasteiger charge is 2.24. The van der Waals surface area contributed by atoms with E-state index in [1.807, 2.05) is 36.3 Å². The second kappa shape index (κ2) is 7.53. The third-order valence-corrected chi connectivity index (χ3v) is 4.00. The molecular weight excluding hydrogens is 290 g/mol. The summed E-state index contributed by atoms with van der Waals surface area (Å²) < 4.78 is 5.61. The molecule has 116 valence electrons. The van der Waals surface area contributed by atoms with Gasteiger partial charge in [0.2, 0.25) is 5.91 Å². The molecular formula is C14H21N3O3S. The molecule has 1 aromatic heterocycles. The summed E-state index contributed by atoms with van der Waals surface area (Å²) in [4.78, 5) is 26.5. The van der Waals surface area contributed by atoms with Crippen molar-refractivity contribution < 1.29 is 14.3 Å². The summed E-state index contributed by atoms with van der Waals surface area (Å²) in [7, 11) is 0. The largest absolute Gasteiger partial charge is 0.373 e. The van der Waals surface area contributed by atoms with Crippen molar-refractivity contribution in [2.24, 2.45) is 0 Å². The lowest BCUT2D eigenvalue weighted by molar-refractivity contribution is -0.124. The summed E-state index contributed by atoms with van der Waals surface area (Å²) in [5.74, 6) is -0.292. The van der Waals surface area contributed by atoms with Crippen molar-refractivity contribution in [3.63, 3.8) is 0 Å². The molecule has 0 saturated carbocycles. The van der Waals surface area contributed by atoms with Crippen LogP contribution in [0.2, 0.25) is 0 Å². The maximum absolute atomic E-state index is 11.8. The average molecular weight is 311 g/mol. The van der Waals surface area contributed by atoms with Gasteiger partial charge in [0.05, 0.1) is 25.3 Å². The van der Waals surface area contributed by atoms with E-state index in [1.165, 1.54) is 0 Å². The molecule has 2 atom stereocenters. The normalized spacial score (nSPS) is 22.8. The number of hydrogen-bond acceptors (Lipinski definition) is 5. The van der Waals surface area contributed by atoms with Crippen LogP contribution in [0.15, 0.2) is 17.5 Å². The molecule has 1 fully saturated rings. The van der Waals surface area contributed by atoms with Crippen LogP contribution in [0.4, 0.5) is 4.79 Å². The number of carbonyl (C=O) groups excluding carboxylic acids is 2. The van der Waals surface area contributed by atoms with Crippen molar-refractivity contribution >= 4 is 23.3 Å². The Balaban J connectivity index is 1.69. The van der Waals surface area contributed by atoms with Gasteiger partial charge in [0.15, 0.2) is 0 Å². The molecule has 1 aliphatic heterocycles. The molecule has 3 amide bonds. The van der Waals surface area contributed by atoms with Gasteiger partial charge in [-0.25, -0.2) is 4.79 Å². The number of nitrogens with one attached hydrogen (secondary N) is 2. The van der Waals surface area contributed by atoms with E-state index in [9.17, 15) is 9.59 Å². The van der Waals surface area contributed by atoms with E-state index >= 15 is 0 Å². The number of amides is 3. The Morgan fingerprint density at radius 1 is 1.38 bits per heavy atom. The van der Waals surface area contributed by atoms with Gasteiger partial charge in [0, 0.05) is 18.0 Å². The smallest absolute Gasteiger partial charge is 0.321 e. The molecule has 2 N–H and O–H groups in total. The number of imide groups is 1. The lowest BCUT2D eigenvalue weighted by atomic mass is 10.2. The highest BCUT2D eigenvalue weighted by molar-refractivity contribution is 7.09. The van der Waals surface area contributed by atoms with E-state index in [4.69, 9.17) is 4.74 Å². The van der Waals surface area contributed by atoms with E-state index in [1.54, 1.807) is 11.3 Å². The highest BCUT2D eigenvalue weighted by Crippen LogP contribution is 2.10. The van der Waals surface area contributed by atoms with Gasteiger partial charge < -0.3 is 10.1 Å². The molecule has 0 bridgehead atoms. The second-order valence-corrected chi connectivity index (χ2v) is 6.29. The fourth-order valence-corrected chi connectivity index (χ4v) is 3.05. The highest BCUT2D eigenvalue weighted by atomic mass is 32.1. The number of hydrogen-bond donors (Lipinski definition) is 2. The molecule has 0 unspecified atom stereocenters. The molecule has 0 radical (unpaired) electrons.